The zero-order chi connectivity index (χ0) is 16.3. The van der Waals surface area contributed by atoms with Crippen LogP contribution in [-0.2, 0) is 7.05 Å². The van der Waals surface area contributed by atoms with Crippen molar-refractivity contribution in [2.24, 2.45) is 7.05 Å². The maximum Gasteiger partial charge on any atom is 0.181 e. The second-order valence-electron chi connectivity index (χ2n) is 6.11. The van der Waals surface area contributed by atoms with Gasteiger partial charge in [0.15, 0.2) is 5.82 Å². The van der Waals surface area contributed by atoms with Crippen molar-refractivity contribution < 1.29 is 0 Å². The molecular formula is C18H29N5. The van der Waals surface area contributed by atoms with Crippen molar-refractivity contribution in [3.8, 4) is 11.4 Å². The highest BCUT2D eigenvalue weighted by molar-refractivity contribution is 5.62. The minimum atomic E-state index is 0.792. The molecule has 0 spiro atoms. The lowest BCUT2D eigenvalue weighted by atomic mass is 10.1. The number of hydrogen-bond donors (Lipinski definition) is 1. The van der Waals surface area contributed by atoms with Gasteiger partial charge in [-0.2, -0.15) is 0 Å². The minimum absolute atomic E-state index is 0.792. The first-order valence-corrected chi connectivity index (χ1v) is 8.88. The lowest BCUT2D eigenvalue weighted by molar-refractivity contribution is 0.581. The van der Waals surface area contributed by atoms with E-state index < -0.39 is 0 Å². The van der Waals surface area contributed by atoms with Gasteiger partial charge in [-0.05, 0) is 29.0 Å². The van der Waals surface area contributed by atoms with E-state index in [0.717, 1.165) is 23.6 Å². The van der Waals surface area contributed by atoms with Gasteiger partial charge in [-0.3, -0.25) is 0 Å². The maximum atomic E-state index is 4.05. The van der Waals surface area contributed by atoms with Crippen LogP contribution in [0.2, 0.25) is 0 Å². The first-order valence-electron chi connectivity index (χ1n) is 8.88. The fraction of sp³-hybridized carbons (Fsp3) is 0.611. The van der Waals surface area contributed by atoms with Crippen LogP contribution in [0.3, 0.4) is 0 Å². The second-order valence-corrected chi connectivity index (χ2v) is 6.11. The van der Waals surface area contributed by atoms with Crippen molar-refractivity contribution in [1.29, 1.82) is 0 Å². The van der Waals surface area contributed by atoms with E-state index in [0.29, 0.717) is 0 Å². The Morgan fingerprint density at radius 1 is 1.00 bits per heavy atom. The Morgan fingerprint density at radius 3 is 2.43 bits per heavy atom. The van der Waals surface area contributed by atoms with E-state index in [4.69, 9.17) is 0 Å². The van der Waals surface area contributed by atoms with Crippen LogP contribution in [0.1, 0.15) is 58.3 Å². The number of aromatic nitrogens is 4. The standard InChI is InChI=1S/C18H29N5/c1-3-4-5-6-7-8-9-10-14-19-17-13-11-12-16(15-17)18-20-21-22-23(18)2/h11-13,15,19H,3-10,14H2,1-2H3. The van der Waals surface area contributed by atoms with Gasteiger partial charge in [0.2, 0.25) is 0 Å². The molecule has 1 aromatic carbocycles. The third-order valence-electron chi connectivity index (χ3n) is 4.10. The summed E-state index contributed by atoms with van der Waals surface area (Å²) in [5, 5.41) is 15.1. The molecule has 5 nitrogen and oxygen atoms in total. The highest BCUT2D eigenvalue weighted by atomic mass is 15.5. The Bertz CT molecular complexity index is 564. The van der Waals surface area contributed by atoms with Crippen LogP contribution in [0, 0.1) is 0 Å². The van der Waals surface area contributed by atoms with E-state index in [1.165, 1.54) is 51.4 Å². The Balaban J connectivity index is 1.66. The Kier molecular flexibility index (Phi) is 7.57. The molecule has 0 aliphatic heterocycles. The SMILES string of the molecule is CCCCCCCCCCNc1cccc(-c2nnnn2C)c1. The quantitative estimate of drug-likeness (QED) is 0.623. The highest BCUT2D eigenvalue weighted by Gasteiger charge is 2.05. The van der Waals surface area contributed by atoms with Gasteiger partial charge in [-0.15, -0.1) is 5.10 Å². The summed E-state index contributed by atoms with van der Waals surface area (Å²) < 4.78 is 1.69. The van der Waals surface area contributed by atoms with Gasteiger partial charge in [0.25, 0.3) is 0 Å². The van der Waals surface area contributed by atoms with Gasteiger partial charge in [0, 0.05) is 24.8 Å². The number of hydrogen-bond acceptors (Lipinski definition) is 4. The predicted octanol–water partition coefficient (Wildman–Crippen LogP) is 4.43. The molecular weight excluding hydrogens is 286 g/mol. The summed E-state index contributed by atoms with van der Waals surface area (Å²) in [5.74, 6) is 0.792. The van der Waals surface area contributed by atoms with Crippen LogP contribution in [0.15, 0.2) is 24.3 Å². The van der Waals surface area contributed by atoms with E-state index >= 15 is 0 Å². The largest absolute Gasteiger partial charge is 0.385 e. The van der Waals surface area contributed by atoms with Gasteiger partial charge in [-0.1, -0.05) is 64.0 Å². The molecule has 5 heteroatoms. The Morgan fingerprint density at radius 2 is 1.74 bits per heavy atom. The molecule has 0 atom stereocenters. The van der Waals surface area contributed by atoms with E-state index in [1.54, 1.807) is 4.68 Å². The van der Waals surface area contributed by atoms with E-state index in [2.05, 4.69) is 39.9 Å². The zero-order valence-electron chi connectivity index (χ0n) is 14.5. The lowest BCUT2D eigenvalue weighted by Gasteiger charge is -2.08. The molecule has 0 saturated carbocycles. The minimum Gasteiger partial charge on any atom is -0.385 e. The van der Waals surface area contributed by atoms with Gasteiger partial charge in [0.05, 0.1) is 0 Å². The maximum absolute atomic E-state index is 4.05. The summed E-state index contributed by atoms with van der Waals surface area (Å²) in [7, 11) is 1.86. The molecule has 1 aromatic heterocycles. The third kappa shape index (κ3) is 6.00. The summed E-state index contributed by atoms with van der Waals surface area (Å²) in [4.78, 5) is 0. The fourth-order valence-electron chi connectivity index (χ4n) is 2.73. The molecule has 2 aromatic rings. The van der Waals surface area contributed by atoms with Crippen molar-refractivity contribution in [3.05, 3.63) is 24.3 Å². The second kappa shape index (κ2) is 9.98. The number of unbranched alkanes of at least 4 members (excludes halogenated alkanes) is 7. The molecule has 23 heavy (non-hydrogen) atoms. The van der Waals surface area contributed by atoms with Crippen LogP contribution < -0.4 is 5.32 Å². The third-order valence-corrected chi connectivity index (χ3v) is 4.10. The molecule has 126 valence electrons. The number of benzene rings is 1. The number of nitrogens with one attached hydrogen (secondary N) is 1. The van der Waals surface area contributed by atoms with Crippen molar-refractivity contribution in [3.63, 3.8) is 0 Å². The van der Waals surface area contributed by atoms with Crippen molar-refractivity contribution in [2.45, 2.75) is 58.3 Å². The van der Waals surface area contributed by atoms with E-state index in [9.17, 15) is 0 Å². The number of rotatable bonds is 11. The number of anilines is 1. The summed E-state index contributed by atoms with van der Waals surface area (Å²) in [6.07, 6.45) is 10.8. The number of aryl methyl sites for hydroxylation is 1. The molecule has 2 rings (SSSR count). The number of nitrogens with zero attached hydrogens (tertiary/aromatic N) is 4. The summed E-state index contributed by atoms with van der Waals surface area (Å²) in [6.45, 7) is 3.29. The predicted molar refractivity (Wildman–Crippen MR) is 95.3 cm³/mol. The van der Waals surface area contributed by atoms with Crippen molar-refractivity contribution >= 4 is 5.69 Å². The summed E-state index contributed by atoms with van der Waals surface area (Å²) in [6, 6.07) is 8.28. The van der Waals surface area contributed by atoms with Crippen molar-refractivity contribution in [1.82, 2.24) is 20.2 Å². The molecule has 0 amide bonds. The Hall–Kier alpha value is -1.91. The lowest BCUT2D eigenvalue weighted by Crippen LogP contribution is -2.02. The summed E-state index contributed by atoms with van der Waals surface area (Å²) >= 11 is 0. The van der Waals surface area contributed by atoms with Crippen LogP contribution >= 0.6 is 0 Å². The number of tetrazole rings is 1. The van der Waals surface area contributed by atoms with Gasteiger partial charge in [-0.25, -0.2) is 4.68 Å². The molecule has 0 radical (unpaired) electrons. The zero-order valence-corrected chi connectivity index (χ0v) is 14.5. The van der Waals surface area contributed by atoms with Crippen LogP contribution in [0.5, 0.6) is 0 Å². The van der Waals surface area contributed by atoms with Crippen LogP contribution in [0.4, 0.5) is 5.69 Å². The molecule has 0 bridgehead atoms. The molecule has 0 aliphatic carbocycles. The summed E-state index contributed by atoms with van der Waals surface area (Å²) in [5.41, 5.74) is 2.17. The smallest absolute Gasteiger partial charge is 0.181 e. The van der Waals surface area contributed by atoms with Gasteiger partial charge < -0.3 is 5.32 Å². The molecule has 0 fully saturated rings. The van der Waals surface area contributed by atoms with E-state index in [-0.39, 0.29) is 0 Å². The molecule has 1 N–H and O–H groups in total. The molecule has 1 heterocycles. The first kappa shape index (κ1) is 17.4. The van der Waals surface area contributed by atoms with E-state index in [1.807, 2.05) is 19.2 Å². The highest BCUT2D eigenvalue weighted by Crippen LogP contribution is 2.19. The van der Waals surface area contributed by atoms with Crippen LogP contribution in [0.25, 0.3) is 11.4 Å². The van der Waals surface area contributed by atoms with Crippen molar-refractivity contribution in [2.75, 3.05) is 11.9 Å². The monoisotopic (exact) mass is 315 g/mol. The average molecular weight is 315 g/mol. The normalized spacial score (nSPS) is 10.9. The molecule has 0 aliphatic rings. The van der Waals surface area contributed by atoms with Crippen LogP contribution in [-0.4, -0.2) is 26.8 Å². The molecule has 0 saturated heterocycles. The first-order chi connectivity index (χ1) is 11.3. The Labute approximate surface area is 139 Å². The molecule has 0 unspecified atom stereocenters. The fourth-order valence-corrected chi connectivity index (χ4v) is 2.73. The topological polar surface area (TPSA) is 55.6 Å². The van der Waals surface area contributed by atoms with Gasteiger partial charge >= 0.3 is 0 Å². The average Bonchev–Trinajstić information content (AvgIpc) is 3.00. The van der Waals surface area contributed by atoms with Gasteiger partial charge in [0.1, 0.15) is 0 Å².